The molecule has 0 fully saturated rings. The minimum Gasteiger partial charge on any atom is -0.352 e. The zero-order chi connectivity index (χ0) is 19.4. The SMILES string of the molecule is CCc1nc2n(n1)CC(NC(=NC)NCc1ccc(C(C)(C)C)cc1)CC2.I. The summed E-state index contributed by atoms with van der Waals surface area (Å²) in [4.78, 5) is 8.96. The quantitative estimate of drug-likeness (QED) is 0.387. The Kier molecular flexibility index (Phi) is 7.86. The number of rotatable bonds is 4. The number of fused-ring (bicyclic) bond motifs is 1. The molecular formula is C21H33IN6. The van der Waals surface area contributed by atoms with Gasteiger partial charge in [-0.15, -0.1) is 24.0 Å². The first-order valence-corrected chi connectivity index (χ1v) is 9.88. The van der Waals surface area contributed by atoms with Gasteiger partial charge < -0.3 is 10.6 Å². The van der Waals surface area contributed by atoms with Gasteiger partial charge in [-0.25, -0.2) is 9.67 Å². The van der Waals surface area contributed by atoms with Gasteiger partial charge in [-0.2, -0.15) is 5.10 Å². The summed E-state index contributed by atoms with van der Waals surface area (Å²) in [6, 6.07) is 9.13. The van der Waals surface area contributed by atoms with E-state index in [0.29, 0.717) is 6.04 Å². The average Bonchev–Trinajstić information content (AvgIpc) is 3.07. The Labute approximate surface area is 185 Å². The maximum Gasteiger partial charge on any atom is 0.191 e. The topological polar surface area (TPSA) is 67.1 Å². The predicted molar refractivity (Wildman–Crippen MR) is 125 cm³/mol. The van der Waals surface area contributed by atoms with E-state index in [2.05, 4.69) is 77.7 Å². The van der Waals surface area contributed by atoms with Gasteiger partial charge in [0.25, 0.3) is 0 Å². The molecule has 1 unspecified atom stereocenters. The summed E-state index contributed by atoms with van der Waals surface area (Å²) in [5, 5.41) is 11.5. The van der Waals surface area contributed by atoms with E-state index in [9.17, 15) is 0 Å². The van der Waals surface area contributed by atoms with Crippen molar-refractivity contribution in [3.63, 3.8) is 0 Å². The molecule has 0 saturated carbocycles. The molecule has 0 spiro atoms. The van der Waals surface area contributed by atoms with Crippen LogP contribution < -0.4 is 10.6 Å². The van der Waals surface area contributed by atoms with Crippen LogP contribution in [0, 0.1) is 0 Å². The standard InChI is InChI=1S/C21H32N6.HI/c1-6-18-25-19-12-11-17(14-27(19)26-18)24-20(22-5)23-13-15-7-9-16(10-8-15)21(2,3)4;/h7-10,17H,6,11-14H2,1-5H3,(H2,22,23,24);1H. The Morgan fingerprint density at radius 3 is 2.57 bits per heavy atom. The van der Waals surface area contributed by atoms with Gasteiger partial charge in [-0.05, 0) is 23.0 Å². The monoisotopic (exact) mass is 496 g/mol. The van der Waals surface area contributed by atoms with Crippen LogP contribution in [-0.4, -0.2) is 33.8 Å². The number of aryl methyl sites for hydroxylation is 2. The van der Waals surface area contributed by atoms with E-state index >= 15 is 0 Å². The first-order chi connectivity index (χ1) is 12.9. The minimum absolute atomic E-state index is 0. The van der Waals surface area contributed by atoms with Gasteiger partial charge >= 0.3 is 0 Å². The Bertz CT molecular complexity index is 788. The summed E-state index contributed by atoms with van der Waals surface area (Å²) in [5.41, 5.74) is 2.79. The molecule has 1 aliphatic heterocycles. The molecule has 1 aromatic carbocycles. The fourth-order valence-corrected chi connectivity index (χ4v) is 3.32. The number of benzene rings is 1. The van der Waals surface area contributed by atoms with Gasteiger partial charge in [0.15, 0.2) is 11.8 Å². The van der Waals surface area contributed by atoms with Gasteiger partial charge in [-0.1, -0.05) is 52.0 Å². The number of nitrogens with zero attached hydrogens (tertiary/aromatic N) is 4. The Morgan fingerprint density at radius 2 is 1.96 bits per heavy atom. The summed E-state index contributed by atoms with van der Waals surface area (Å²) in [6.07, 6.45) is 2.88. The molecular weight excluding hydrogens is 463 g/mol. The van der Waals surface area contributed by atoms with E-state index < -0.39 is 0 Å². The van der Waals surface area contributed by atoms with Crippen molar-refractivity contribution in [1.82, 2.24) is 25.4 Å². The van der Waals surface area contributed by atoms with E-state index in [1.54, 1.807) is 0 Å². The summed E-state index contributed by atoms with van der Waals surface area (Å²) < 4.78 is 2.04. The summed E-state index contributed by atoms with van der Waals surface area (Å²) in [6.45, 7) is 10.4. The number of nitrogens with one attached hydrogen (secondary N) is 2. The fourth-order valence-electron chi connectivity index (χ4n) is 3.32. The third kappa shape index (κ3) is 5.68. The van der Waals surface area contributed by atoms with Gasteiger partial charge in [-0.3, -0.25) is 4.99 Å². The van der Waals surface area contributed by atoms with Crippen LogP contribution in [0.3, 0.4) is 0 Å². The van der Waals surface area contributed by atoms with Crippen molar-refractivity contribution >= 4 is 29.9 Å². The number of aromatic nitrogens is 3. The van der Waals surface area contributed by atoms with E-state index in [0.717, 1.165) is 50.0 Å². The molecule has 3 rings (SSSR count). The maximum absolute atomic E-state index is 4.58. The van der Waals surface area contributed by atoms with E-state index in [1.807, 2.05) is 11.7 Å². The first kappa shape index (κ1) is 22.6. The van der Waals surface area contributed by atoms with Crippen LogP contribution in [0.1, 0.15) is 56.9 Å². The van der Waals surface area contributed by atoms with Crippen molar-refractivity contribution < 1.29 is 0 Å². The van der Waals surface area contributed by atoms with Crippen LogP contribution in [0.15, 0.2) is 29.3 Å². The lowest BCUT2D eigenvalue weighted by Crippen LogP contribution is -2.46. The van der Waals surface area contributed by atoms with Crippen molar-refractivity contribution in [2.24, 2.45) is 4.99 Å². The zero-order valence-electron chi connectivity index (χ0n) is 17.6. The maximum atomic E-state index is 4.58. The Morgan fingerprint density at radius 1 is 1.25 bits per heavy atom. The number of hydrogen-bond donors (Lipinski definition) is 2. The molecule has 0 amide bonds. The lowest BCUT2D eigenvalue weighted by Gasteiger charge is -2.25. The van der Waals surface area contributed by atoms with Crippen LogP contribution in [0.2, 0.25) is 0 Å². The third-order valence-corrected chi connectivity index (χ3v) is 5.06. The molecule has 2 heterocycles. The van der Waals surface area contributed by atoms with Gasteiger partial charge in [0, 0.05) is 32.5 Å². The predicted octanol–water partition coefficient (Wildman–Crippen LogP) is 3.44. The molecule has 154 valence electrons. The van der Waals surface area contributed by atoms with Crippen molar-refractivity contribution in [2.45, 2.75) is 71.5 Å². The number of halogens is 1. The summed E-state index contributed by atoms with van der Waals surface area (Å²) in [7, 11) is 1.82. The Balaban J connectivity index is 0.00000280. The Hall–Kier alpha value is -1.64. The smallest absolute Gasteiger partial charge is 0.191 e. The second-order valence-electron chi connectivity index (χ2n) is 8.23. The fraction of sp³-hybridized carbons (Fsp3) is 0.571. The van der Waals surface area contributed by atoms with Crippen LogP contribution in [0.4, 0.5) is 0 Å². The normalized spacial score (nSPS) is 16.9. The second-order valence-corrected chi connectivity index (χ2v) is 8.23. The number of guanidine groups is 1. The highest BCUT2D eigenvalue weighted by Crippen LogP contribution is 2.22. The summed E-state index contributed by atoms with van der Waals surface area (Å²) in [5.74, 6) is 2.87. The van der Waals surface area contributed by atoms with Gasteiger partial charge in [0.2, 0.25) is 0 Å². The van der Waals surface area contributed by atoms with Crippen molar-refractivity contribution in [3.05, 3.63) is 47.0 Å². The molecule has 1 atom stereocenters. The molecule has 0 saturated heterocycles. The highest BCUT2D eigenvalue weighted by atomic mass is 127. The lowest BCUT2D eigenvalue weighted by atomic mass is 9.87. The van der Waals surface area contributed by atoms with E-state index in [4.69, 9.17) is 0 Å². The molecule has 6 nitrogen and oxygen atoms in total. The zero-order valence-corrected chi connectivity index (χ0v) is 19.9. The van der Waals surface area contributed by atoms with Crippen LogP contribution in [-0.2, 0) is 31.3 Å². The van der Waals surface area contributed by atoms with E-state index in [1.165, 1.54) is 11.1 Å². The minimum atomic E-state index is 0. The van der Waals surface area contributed by atoms with Crippen molar-refractivity contribution in [2.75, 3.05) is 7.05 Å². The molecule has 28 heavy (non-hydrogen) atoms. The largest absolute Gasteiger partial charge is 0.352 e. The van der Waals surface area contributed by atoms with E-state index in [-0.39, 0.29) is 29.4 Å². The van der Waals surface area contributed by atoms with Gasteiger partial charge in [0.05, 0.1) is 6.54 Å². The van der Waals surface area contributed by atoms with Crippen LogP contribution >= 0.6 is 24.0 Å². The molecule has 0 radical (unpaired) electrons. The first-order valence-electron chi connectivity index (χ1n) is 9.88. The molecule has 1 aromatic heterocycles. The third-order valence-electron chi connectivity index (χ3n) is 5.06. The molecule has 2 aromatic rings. The van der Waals surface area contributed by atoms with Crippen molar-refractivity contribution in [3.8, 4) is 0 Å². The molecule has 1 aliphatic rings. The van der Waals surface area contributed by atoms with Gasteiger partial charge in [0.1, 0.15) is 5.82 Å². The average molecular weight is 496 g/mol. The molecule has 2 N–H and O–H groups in total. The lowest BCUT2D eigenvalue weighted by molar-refractivity contribution is 0.392. The molecule has 7 heteroatoms. The number of aliphatic imine (C=N–C) groups is 1. The highest BCUT2D eigenvalue weighted by Gasteiger charge is 2.22. The molecule has 0 aliphatic carbocycles. The molecule has 0 bridgehead atoms. The van der Waals surface area contributed by atoms with Crippen molar-refractivity contribution in [1.29, 1.82) is 0 Å². The summed E-state index contributed by atoms with van der Waals surface area (Å²) >= 11 is 0. The number of hydrogen-bond acceptors (Lipinski definition) is 3. The highest BCUT2D eigenvalue weighted by molar-refractivity contribution is 14.0. The second kappa shape index (κ2) is 9.71. The van der Waals surface area contributed by atoms with Crippen LogP contribution in [0.5, 0.6) is 0 Å². The van der Waals surface area contributed by atoms with Crippen LogP contribution in [0.25, 0.3) is 0 Å².